The summed E-state index contributed by atoms with van der Waals surface area (Å²) in [5.41, 5.74) is 6.54. The predicted molar refractivity (Wildman–Crippen MR) is 76.8 cm³/mol. The van der Waals surface area contributed by atoms with Crippen molar-refractivity contribution in [1.82, 2.24) is 0 Å². The molecule has 3 N–H and O–H groups in total. The smallest absolute Gasteiger partial charge is 0.241 e. The van der Waals surface area contributed by atoms with E-state index in [9.17, 15) is 9.18 Å². The Hall–Kier alpha value is -1.62. The molecule has 1 atom stereocenters. The molecule has 1 aromatic rings. The number of hydrogen-bond acceptors (Lipinski definition) is 3. The lowest BCUT2D eigenvalue weighted by molar-refractivity contribution is -0.117. The van der Waals surface area contributed by atoms with Crippen molar-refractivity contribution in [2.24, 2.45) is 5.73 Å². The molecule has 1 aromatic carbocycles. The number of benzene rings is 1. The number of rotatable bonds is 5. The van der Waals surface area contributed by atoms with Gasteiger partial charge in [-0.1, -0.05) is 6.92 Å². The molecule has 0 aromatic heterocycles. The molecule has 5 heteroatoms. The molecule has 0 radical (unpaired) electrons. The van der Waals surface area contributed by atoms with E-state index in [2.05, 4.69) is 5.32 Å². The number of nitrogens with two attached hydrogens (primary N) is 1. The van der Waals surface area contributed by atoms with Gasteiger partial charge >= 0.3 is 0 Å². The number of nitrogens with one attached hydrogen (secondary N) is 1. The lowest BCUT2D eigenvalue weighted by atomic mass is 10.2. The number of nitrogens with zero attached hydrogens (tertiary/aromatic N) is 1. The molecule has 4 nitrogen and oxygen atoms in total. The van der Waals surface area contributed by atoms with Crippen LogP contribution in [0, 0.1) is 5.82 Å². The molecule has 0 heterocycles. The number of amides is 1. The predicted octanol–water partition coefficient (Wildman–Crippen LogP) is 2.35. The molecule has 0 aliphatic carbocycles. The normalized spacial score (nSPS) is 12.4. The molecule has 1 rings (SSSR count). The van der Waals surface area contributed by atoms with Gasteiger partial charge in [0, 0.05) is 18.8 Å². The second-order valence-electron chi connectivity index (χ2n) is 4.87. The van der Waals surface area contributed by atoms with Gasteiger partial charge in [-0.05, 0) is 38.5 Å². The van der Waals surface area contributed by atoms with Crippen molar-refractivity contribution < 1.29 is 9.18 Å². The molecule has 19 heavy (non-hydrogen) atoms. The van der Waals surface area contributed by atoms with Crippen LogP contribution in [0.2, 0.25) is 0 Å². The van der Waals surface area contributed by atoms with Gasteiger partial charge in [0.05, 0.1) is 11.7 Å². The van der Waals surface area contributed by atoms with E-state index in [4.69, 9.17) is 5.73 Å². The quantitative estimate of drug-likeness (QED) is 0.861. The second kappa shape index (κ2) is 6.52. The van der Waals surface area contributed by atoms with Crippen molar-refractivity contribution in [3.05, 3.63) is 24.0 Å². The largest absolute Gasteiger partial charge is 0.370 e. The van der Waals surface area contributed by atoms with E-state index >= 15 is 0 Å². The van der Waals surface area contributed by atoms with Gasteiger partial charge in [-0.15, -0.1) is 0 Å². The van der Waals surface area contributed by atoms with E-state index in [-0.39, 0.29) is 17.8 Å². The fourth-order valence-electron chi connectivity index (χ4n) is 1.57. The molecule has 0 aliphatic rings. The molecular formula is C14H22FN3O. The summed E-state index contributed by atoms with van der Waals surface area (Å²) in [5, 5.41) is 2.61. The van der Waals surface area contributed by atoms with E-state index in [1.807, 2.05) is 32.7 Å². The van der Waals surface area contributed by atoms with Crippen LogP contribution >= 0.6 is 0 Å². The summed E-state index contributed by atoms with van der Waals surface area (Å²) >= 11 is 0. The molecule has 0 saturated carbocycles. The highest BCUT2D eigenvalue weighted by Gasteiger charge is 2.14. The van der Waals surface area contributed by atoms with Gasteiger partial charge in [-0.2, -0.15) is 0 Å². The van der Waals surface area contributed by atoms with E-state index < -0.39 is 6.04 Å². The van der Waals surface area contributed by atoms with Crippen molar-refractivity contribution in [3.8, 4) is 0 Å². The summed E-state index contributed by atoms with van der Waals surface area (Å²) in [6.07, 6.45) is 0.544. The minimum absolute atomic E-state index is 0.198. The van der Waals surface area contributed by atoms with Crippen molar-refractivity contribution in [3.63, 3.8) is 0 Å². The number of carbonyl (C=O) groups excluding carboxylic acids is 1. The first kappa shape index (κ1) is 15.4. The summed E-state index contributed by atoms with van der Waals surface area (Å²) in [6.45, 7) is 5.79. The van der Waals surface area contributed by atoms with Crippen LogP contribution in [0.15, 0.2) is 18.2 Å². The highest BCUT2D eigenvalue weighted by Crippen LogP contribution is 2.23. The molecule has 106 valence electrons. The third-order valence-electron chi connectivity index (χ3n) is 3.15. The summed E-state index contributed by atoms with van der Waals surface area (Å²) in [4.78, 5) is 13.4. The number of anilines is 2. The maximum Gasteiger partial charge on any atom is 0.241 e. The third-order valence-corrected chi connectivity index (χ3v) is 3.15. The van der Waals surface area contributed by atoms with Crippen LogP contribution in [0.4, 0.5) is 15.8 Å². The fourth-order valence-corrected chi connectivity index (χ4v) is 1.57. The zero-order valence-electron chi connectivity index (χ0n) is 11.9. The average Bonchev–Trinajstić information content (AvgIpc) is 2.37. The molecule has 0 aliphatic heterocycles. The standard InChI is InChI=1S/C14H22FN3O/c1-5-12(16)14(19)17-10-6-7-13(11(15)8-10)18(4)9(2)3/h6-9,12H,5,16H2,1-4H3,(H,17,19)/t12-/m1/s1. The number of hydrogen-bond donors (Lipinski definition) is 2. The topological polar surface area (TPSA) is 58.4 Å². The first-order valence-electron chi connectivity index (χ1n) is 6.45. The summed E-state index contributed by atoms with van der Waals surface area (Å²) in [5.74, 6) is -0.661. The van der Waals surface area contributed by atoms with E-state index in [0.717, 1.165) is 0 Å². The Balaban J connectivity index is 2.85. The first-order chi connectivity index (χ1) is 8.86. The lowest BCUT2D eigenvalue weighted by Gasteiger charge is -2.24. The average molecular weight is 267 g/mol. The van der Waals surface area contributed by atoms with E-state index in [1.165, 1.54) is 6.07 Å². The Labute approximate surface area is 113 Å². The molecule has 0 spiro atoms. The Kier molecular flexibility index (Phi) is 5.30. The van der Waals surface area contributed by atoms with Crippen LogP contribution in [-0.2, 0) is 4.79 Å². The van der Waals surface area contributed by atoms with Gasteiger partial charge < -0.3 is 16.0 Å². The van der Waals surface area contributed by atoms with Gasteiger partial charge in [0.25, 0.3) is 0 Å². The van der Waals surface area contributed by atoms with Crippen LogP contribution < -0.4 is 16.0 Å². The minimum Gasteiger partial charge on any atom is -0.370 e. The number of carbonyl (C=O) groups is 1. The molecule has 0 bridgehead atoms. The third kappa shape index (κ3) is 3.92. The van der Waals surface area contributed by atoms with Crippen molar-refractivity contribution in [2.45, 2.75) is 39.3 Å². The Bertz CT molecular complexity index is 448. The first-order valence-corrected chi connectivity index (χ1v) is 6.45. The molecule has 0 fully saturated rings. The van der Waals surface area contributed by atoms with Gasteiger partial charge in [-0.25, -0.2) is 4.39 Å². The fraction of sp³-hybridized carbons (Fsp3) is 0.500. The van der Waals surface area contributed by atoms with E-state index in [0.29, 0.717) is 17.8 Å². The van der Waals surface area contributed by atoms with Crippen LogP contribution in [0.3, 0.4) is 0 Å². The maximum absolute atomic E-state index is 14.0. The van der Waals surface area contributed by atoms with Crippen molar-refractivity contribution in [2.75, 3.05) is 17.3 Å². The second-order valence-corrected chi connectivity index (χ2v) is 4.87. The van der Waals surface area contributed by atoms with Crippen LogP contribution in [0.5, 0.6) is 0 Å². The maximum atomic E-state index is 14.0. The molecular weight excluding hydrogens is 245 g/mol. The van der Waals surface area contributed by atoms with Crippen molar-refractivity contribution in [1.29, 1.82) is 0 Å². The summed E-state index contributed by atoms with van der Waals surface area (Å²) in [6, 6.07) is 4.28. The van der Waals surface area contributed by atoms with Gasteiger partial charge in [0.2, 0.25) is 5.91 Å². The monoisotopic (exact) mass is 267 g/mol. The highest BCUT2D eigenvalue weighted by atomic mass is 19.1. The Morgan fingerprint density at radius 3 is 2.58 bits per heavy atom. The zero-order valence-corrected chi connectivity index (χ0v) is 11.9. The van der Waals surface area contributed by atoms with Crippen LogP contribution in [-0.4, -0.2) is 25.0 Å². The molecule has 1 amide bonds. The van der Waals surface area contributed by atoms with Crippen molar-refractivity contribution >= 4 is 17.3 Å². The van der Waals surface area contributed by atoms with Gasteiger partial charge in [0.15, 0.2) is 0 Å². The highest BCUT2D eigenvalue weighted by molar-refractivity contribution is 5.94. The van der Waals surface area contributed by atoms with Gasteiger partial charge in [-0.3, -0.25) is 4.79 Å². The summed E-state index contributed by atoms with van der Waals surface area (Å²) < 4.78 is 14.0. The Morgan fingerprint density at radius 1 is 1.47 bits per heavy atom. The van der Waals surface area contributed by atoms with E-state index in [1.54, 1.807) is 12.1 Å². The number of halogens is 1. The minimum atomic E-state index is -0.568. The SMILES string of the molecule is CC[C@@H](N)C(=O)Nc1ccc(N(C)C(C)C)c(F)c1. The summed E-state index contributed by atoms with van der Waals surface area (Å²) in [7, 11) is 1.83. The van der Waals surface area contributed by atoms with Gasteiger partial charge in [0.1, 0.15) is 5.82 Å². The van der Waals surface area contributed by atoms with Crippen LogP contribution in [0.25, 0.3) is 0 Å². The Morgan fingerprint density at radius 2 is 2.11 bits per heavy atom. The zero-order chi connectivity index (χ0) is 14.6. The lowest BCUT2D eigenvalue weighted by Crippen LogP contribution is -2.34. The van der Waals surface area contributed by atoms with Crippen LogP contribution in [0.1, 0.15) is 27.2 Å². The molecule has 0 unspecified atom stereocenters. The molecule has 0 saturated heterocycles.